The van der Waals surface area contributed by atoms with Gasteiger partial charge in [0.15, 0.2) is 17.2 Å². The lowest BCUT2D eigenvalue weighted by atomic mass is 9.80. The maximum atomic E-state index is 10.8. The van der Waals surface area contributed by atoms with Crippen molar-refractivity contribution in [3.05, 3.63) is 90.0 Å². The van der Waals surface area contributed by atoms with Crippen LogP contribution in [0.3, 0.4) is 0 Å². The highest BCUT2D eigenvalue weighted by molar-refractivity contribution is 5.45. The summed E-state index contributed by atoms with van der Waals surface area (Å²) in [6.07, 6.45) is -0.371. The Bertz CT molecular complexity index is 930. The van der Waals surface area contributed by atoms with E-state index in [-0.39, 0.29) is 5.92 Å². The number of para-hydroxylation sites is 1. The van der Waals surface area contributed by atoms with Gasteiger partial charge in [0, 0.05) is 5.92 Å². The first-order valence-electron chi connectivity index (χ1n) is 9.94. The molecular weight excluding hydrogens is 378 g/mol. The van der Waals surface area contributed by atoms with Crippen molar-refractivity contribution in [2.45, 2.75) is 31.1 Å². The number of ether oxygens (including phenoxy) is 3. The number of benzene rings is 3. The summed E-state index contributed by atoms with van der Waals surface area (Å²) in [6.45, 7) is 1.65. The lowest BCUT2D eigenvalue weighted by molar-refractivity contribution is -0.0605. The Morgan fingerprint density at radius 1 is 0.867 bits per heavy atom. The molecule has 0 spiro atoms. The van der Waals surface area contributed by atoms with Gasteiger partial charge in [-0.3, -0.25) is 5.73 Å². The number of hydrogen-bond acceptors (Lipinski definition) is 5. The topological polar surface area (TPSA) is 73.9 Å². The van der Waals surface area contributed by atoms with E-state index in [4.69, 9.17) is 19.9 Å². The molecule has 0 aliphatic carbocycles. The first-order chi connectivity index (χ1) is 14.5. The van der Waals surface area contributed by atoms with Crippen LogP contribution in [0, 0.1) is 0 Å². The van der Waals surface area contributed by atoms with E-state index in [9.17, 15) is 5.11 Å². The van der Waals surface area contributed by atoms with E-state index in [0.29, 0.717) is 23.7 Å². The minimum absolute atomic E-state index is 0.361. The number of aliphatic hydroxyl groups excluding tert-OH is 1. The van der Waals surface area contributed by atoms with Gasteiger partial charge in [-0.2, -0.15) is 0 Å². The zero-order valence-electron chi connectivity index (χ0n) is 17.6. The van der Waals surface area contributed by atoms with Gasteiger partial charge in [0.2, 0.25) is 0 Å². The molecule has 0 aromatic heterocycles. The van der Waals surface area contributed by atoms with Crippen molar-refractivity contribution in [3.8, 4) is 17.2 Å². The van der Waals surface area contributed by atoms with Crippen molar-refractivity contribution in [3.63, 3.8) is 0 Å². The second-order valence-electron chi connectivity index (χ2n) is 7.30. The Balaban J connectivity index is 2.09. The largest absolute Gasteiger partial charge is 0.493 e. The molecule has 0 aliphatic heterocycles. The summed E-state index contributed by atoms with van der Waals surface area (Å²) < 4.78 is 17.1. The lowest BCUT2D eigenvalue weighted by Crippen LogP contribution is -2.59. The third kappa shape index (κ3) is 4.75. The van der Waals surface area contributed by atoms with Crippen LogP contribution in [0.2, 0.25) is 0 Å². The molecule has 5 nitrogen and oxygen atoms in total. The molecule has 0 heterocycles. The second kappa shape index (κ2) is 9.65. The fourth-order valence-corrected chi connectivity index (χ4v) is 3.60. The van der Waals surface area contributed by atoms with Gasteiger partial charge in [-0.15, -0.1) is 0 Å². The third-order valence-electron chi connectivity index (χ3n) is 5.33. The van der Waals surface area contributed by atoms with Gasteiger partial charge < -0.3 is 19.3 Å². The first kappa shape index (κ1) is 21.7. The molecule has 3 N–H and O–H groups in total. The average molecular weight is 408 g/mol. The highest BCUT2D eigenvalue weighted by atomic mass is 16.5. The SMILES string of the molecule is COc1ccc(C(Cc2ccccc2)C(N)(Oc2ccccc2)C(C)O)cc1OC. The Labute approximate surface area is 178 Å². The van der Waals surface area contributed by atoms with E-state index in [1.807, 2.05) is 78.9 Å². The first-order valence-corrected chi connectivity index (χ1v) is 9.94. The van der Waals surface area contributed by atoms with Gasteiger partial charge in [-0.25, -0.2) is 0 Å². The number of rotatable bonds is 9. The number of nitrogens with two attached hydrogens (primary N) is 1. The van der Waals surface area contributed by atoms with Gasteiger partial charge in [-0.1, -0.05) is 54.6 Å². The van der Waals surface area contributed by atoms with E-state index >= 15 is 0 Å². The zero-order valence-corrected chi connectivity index (χ0v) is 17.6. The summed E-state index contributed by atoms with van der Waals surface area (Å²) in [6, 6.07) is 25.0. The van der Waals surface area contributed by atoms with E-state index in [2.05, 4.69) is 0 Å². The maximum Gasteiger partial charge on any atom is 0.191 e. The summed E-state index contributed by atoms with van der Waals surface area (Å²) in [4.78, 5) is 0. The van der Waals surface area contributed by atoms with Crippen LogP contribution in [0.15, 0.2) is 78.9 Å². The highest BCUT2D eigenvalue weighted by Crippen LogP contribution is 2.38. The van der Waals surface area contributed by atoms with Crippen LogP contribution in [0.5, 0.6) is 17.2 Å². The van der Waals surface area contributed by atoms with Gasteiger partial charge >= 0.3 is 0 Å². The molecule has 3 rings (SSSR count). The van der Waals surface area contributed by atoms with Crippen LogP contribution in [0.4, 0.5) is 0 Å². The summed E-state index contributed by atoms with van der Waals surface area (Å²) in [5.74, 6) is 1.46. The summed E-state index contributed by atoms with van der Waals surface area (Å²) in [7, 11) is 3.19. The van der Waals surface area contributed by atoms with Crippen LogP contribution in [-0.2, 0) is 6.42 Å². The Kier molecular flexibility index (Phi) is 6.98. The van der Waals surface area contributed by atoms with Gasteiger partial charge in [0.05, 0.1) is 14.2 Å². The van der Waals surface area contributed by atoms with Crippen molar-refractivity contribution in [1.29, 1.82) is 0 Å². The van der Waals surface area contributed by atoms with Crippen LogP contribution < -0.4 is 19.9 Å². The molecule has 5 heteroatoms. The molecule has 0 bridgehead atoms. The lowest BCUT2D eigenvalue weighted by Gasteiger charge is -2.40. The summed E-state index contributed by atoms with van der Waals surface area (Å²) in [5, 5.41) is 10.8. The fourth-order valence-electron chi connectivity index (χ4n) is 3.60. The smallest absolute Gasteiger partial charge is 0.191 e. The maximum absolute atomic E-state index is 10.8. The molecule has 3 atom stereocenters. The van der Waals surface area contributed by atoms with Crippen LogP contribution in [0.1, 0.15) is 24.0 Å². The number of methoxy groups -OCH3 is 2. The number of aliphatic hydroxyl groups is 1. The van der Waals surface area contributed by atoms with Crippen LogP contribution in [0.25, 0.3) is 0 Å². The normalized spacial score (nSPS) is 15.0. The Morgan fingerprint density at radius 3 is 2.03 bits per heavy atom. The highest BCUT2D eigenvalue weighted by Gasteiger charge is 2.43. The summed E-state index contributed by atoms with van der Waals surface area (Å²) >= 11 is 0. The molecule has 0 fully saturated rings. The second-order valence-corrected chi connectivity index (χ2v) is 7.30. The van der Waals surface area contributed by atoms with Crippen LogP contribution >= 0.6 is 0 Å². The minimum atomic E-state index is -1.38. The van der Waals surface area contributed by atoms with Crippen molar-refractivity contribution < 1.29 is 19.3 Å². The van der Waals surface area contributed by atoms with E-state index in [1.165, 1.54) is 0 Å². The zero-order chi connectivity index (χ0) is 21.6. The van der Waals surface area contributed by atoms with Crippen molar-refractivity contribution in [2.24, 2.45) is 5.73 Å². The Morgan fingerprint density at radius 2 is 1.47 bits per heavy atom. The van der Waals surface area contributed by atoms with Gasteiger partial charge in [0.25, 0.3) is 0 Å². The molecule has 3 unspecified atom stereocenters. The molecule has 30 heavy (non-hydrogen) atoms. The quantitative estimate of drug-likeness (QED) is 0.522. The molecule has 0 radical (unpaired) electrons. The summed E-state index contributed by atoms with van der Waals surface area (Å²) in [5.41, 5.74) is 7.41. The van der Waals surface area contributed by atoms with E-state index in [0.717, 1.165) is 11.1 Å². The van der Waals surface area contributed by atoms with Crippen molar-refractivity contribution in [1.82, 2.24) is 0 Å². The third-order valence-corrected chi connectivity index (χ3v) is 5.33. The predicted molar refractivity (Wildman–Crippen MR) is 118 cm³/mol. The van der Waals surface area contributed by atoms with Crippen LogP contribution in [-0.4, -0.2) is 31.2 Å². The number of hydrogen-bond donors (Lipinski definition) is 2. The van der Waals surface area contributed by atoms with Crippen molar-refractivity contribution >= 4 is 0 Å². The van der Waals surface area contributed by atoms with Gasteiger partial charge in [0.1, 0.15) is 11.9 Å². The standard InChI is InChI=1S/C25H29NO4/c1-18(27)25(26,30-21-12-8-5-9-13-21)22(16-19-10-6-4-7-11-19)20-14-15-23(28-2)24(17-20)29-3/h4-15,17-18,22,27H,16,26H2,1-3H3. The monoisotopic (exact) mass is 407 g/mol. The molecule has 3 aromatic rings. The van der Waals surface area contributed by atoms with Crippen molar-refractivity contribution in [2.75, 3.05) is 14.2 Å². The molecule has 0 amide bonds. The molecule has 158 valence electrons. The molecule has 0 saturated heterocycles. The van der Waals surface area contributed by atoms with E-state index < -0.39 is 11.8 Å². The average Bonchev–Trinajstić information content (AvgIpc) is 2.78. The minimum Gasteiger partial charge on any atom is -0.493 e. The van der Waals surface area contributed by atoms with Gasteiger partial charge in [-0.05, 0) is 48.7 Å². The fraction of sp³-hybridized carbons (Fsp3) is 0.280. The van der Waals surface area contributed by atoms with E-state index in [1.54, 1.807) is 21.1 Å². The molecular formula is C25H29NO4. The molecule has 0 saturated carbocycles. The molecule has 0 aliphatic rings. The Hall–Kier alpha value is -3.02. The molecule has 3 aromatic carbocycles. The predicted octanol–water partition coefficient (Wildman–Crippen LogP) is 4.14.